The fourth-order valence-electron chi connectivity index (χ4n) is 2.07. The van der Waals surface area contributed by atoms with Crippen molar-refractivity contribution >= 4 is 0 Å². The van der Waals surface area contributed by atoms with Gasteiger partial charge in [0.25, 0.3) is 0 Å². The molecule has 0 bridgehead atoms. The van der Waals surface area contributed by atoms with Crippen LogP contribution in [0.5, 0.6) is 0 Å². The maximum atomic E-state index is 2.32. The monoisotopic (exact) mass is 159 g/mol. The summed E-state index contributed by atoms with van der Waals surface area (Å²) >= 11 is 0. The summed E-state index contributed by atoms with van der Waals surface area (Å²) in [5, 5.41) is 0. The van der Waals surface area contributed by atoms with Crippen molar-refractivity contribution in [1.29, 1.82) is 0 Å². The van der Waals surface area contributed by atoms with Crippen molar-refractivity contribution in [2.24, 2.45) is 0 Å². The third-order valence-electron chi connectivity index (χ3n) is 3.21. The highest BCUT2D eigenvalue weighted by molar-refractivity contribution is 4.74. The second-order valence-electron chi connectivity index (χ2n) is 3.40. The Labute approximate surface area is 70.1 Å². The summed E-state index contributed by atoms with van der Waals surface area (Å²) in [6.45, 7) is 11.0. The molecule has 0 amide bonds. The Kier molecular flexibility index (Phi) is 4.04. The summed E-state index contributed by atoms with van der Waals surface area (Å²) in [4.78, 5) is 0. The zero-order chi connectivity index (χ0) is 7.61. The molecule has 1 fully saturated rings. The van der Waals surface area contributed by atoms with Crippen LogP contribution in [0.2, 0.25) is 0 Å². The van der Waals surface area contributed by atoms with Crippen molar-refractivity contribution in [3.05, 3.63) is 0 Å². The smallest absolute Gasteiger partial charge is 0.0894 e. The average Bonchev–Trinajstić information content (AvgIpc) is 2.77. The topological polar surface area (TPSA) is 30.0 Å². The fourth-order valence-corrected chi connectivity index (χ4v) is 2.07. The number of hydrogen-bond donors (Lipinski definition) is 0. The minimum atomic E-state index is 0. The number of hydrogen-bond acceptors (Lipinski definition) is 1. The summed E-state index contributed by atoms with van der Waals surface area (Å²) in [7, 11) is 0. The summed E-state index contributed by atoms with van der Waals surface area (Å²) < 4.78 is 1.38. The van der Waals surface area contributed by atoms with E-state index in [2.05, 4.69) is 20.8 Å². The molecule has 0 aromatic rings. The molecule has 2 nitrogen and oxygen atoms in total. The third kappa shape index (κ3) is 1.94. The molecule has 0 heterocycles. The molecule has 0 radical (unpaired) electrons. The molecule has 1 aliphatic rings. The lowest BCUT2D eigenvalue weighted by molar-refractivity contribution is -0.933. The molecular formula is C9H21NO. The van der Waals surface area contributed by atoms with Crippen LogP contribution in [0.3, 0.4) is 0 Å². The highest BCUT2D eigenvalue weighted by atomic mass is 16.0. The first-order valence-electron chi connectivity index (χ1n) is 4.64. The van der Waals surface area contributed by atoms with Gasteiger partial charge in [-0.15, -0.1) is 0 Å². The van der Waals surface area contributed by atoms with Crippen LogP contribution in [0.25, 0.3) is 0 Å². The van der Waals surface area contributed by atoms with Gasteiger partial charge in [0.15, 0.2) is 0 Å². The van der Waals surface area contributed by atoms with E-state index in [1.807, 2.05) is 0 Å². The van der Waals surface area contributed by atoms with Crippen LogP contribution < -0.4 is 0 Å². The van der Waals surface area contributed by atoms with Crippen LogP contribution in [0, 0.1) is 0 Å². The molecule has 2 heteroatoms. The van der Waals surface area contributed by atoms with Gasteiger partial charge in [-0.1, -0.05) is 0 Å². The zero-order valence-corrected chi connectivity index (χ0v) is 8.01. The van der Waals surface area contributed by atoms with Gasteiger partial charge in [-0.05, 0) is 20.8 Å². The highest BCUT2D eigenvalue weighted by Crippen LogP contribution is 2.33. The zero-order valence-electron chi connectivity index (χ0n) is 8.01. The molecule has 0 aromatic heterocycles. The number of nitrogens with zero attached hydrogens (tertiary/aromatic N) is 1. The highest BCUT2D eigenvalue weighted by Gasteiger charge is 2.40. The van der Waals surface area contributed by atoms with E-state index in [0.29, 0.717) is 0 Å². The average molecular weight is 159 g/mol. The van der Waals surface area contributed by atoms with Gasteiger partial charge in [0.1, 0.15) is 0 Å². The van der Waals surface area contributed by atoms with Crippen LogP contribution in [0.1, 0.15) is 33.6 Å². The SMILES string of the molecule is CC[N+](CC)(CC)C1CC1.[OH-]. The normalized spacial score (nSPS) is 17.7. The predicted molar refractivity (Wildman–Crippen MR) is 46.8 cm³/mol. The quantitative estimate of drug-likeness (QED) is 0.576. The molecule has 11 heavy (non-hydrogen) atoms. The van der Waals surface area contributed by atoms with E-state index >= 15 is 0 Å². The van der Waals surface area contributed by atoms with Crippen molar-refractivity contribution in [1.82, 2.24) is 0 Å². The van der Waals surface area contributed by atoms with Gasteiger partial charge in [-0.3, -0.25) is 0 Å². The van der Waals surface area contributed by atoms with E-state index in [1.165, 1.54) is 37.0 Å². The van der Waals surface area contributed by atoms with Gasteiger partial charge in [-0.25, -0.2) is 0 Å². The van der Waals surface area contributed by atoms with Crippen molar-refractivity contribution in [3.8, 4) is 0 Å². The first-order chi connectivity index (χ1) is 4.79. The Bertz CT molecular complexity index is 97.9. The largest absolute Gasteiger partial charge is 0.870 e. The van der Waals surface area contributed by atoms with E-state index in [-0.39, 0.29) is 5.48 Å². The molecule has 68 valence electrons. The lowest BCUT2D eigenvalue weighted by atomic mass is 10.3. The van der Waals surface area contributed by atoms with Crippen molar-refractivity contribution < 1.29 is 9.96 Å². The van der Waals surface area contributed by atoms with Crippen LogP contribution in [-0.2, 0) is 0 Å². The second kappa shape index (κ2) is 4.07. The van der Waals surface area contributed by atoms with Crippen LogP contribution in [-0.4, -0.2) is 35.6 Å². The van der Waals surface area contributed by atoms with Gasteiger partial charge >= 0.3 is 0 Å². The van der Waals surface area contributed by atoms with Gasteiger partial charge < -0.3 is 9.96 Å². The molecule has 0 atom stereocenters. The Morgan fingerprint density at radius 1 is 1.00 bits per heavy atom. The van der Waals surface area contributed by atoms with Crippen LogP contribution >= 0.6 is 0 Å². The predicted octanol–water partition coefficient (Wildman–Crippen LogP) is 1.85. The lowest BCUT2D eigenvalue weighted by Gasteiger charge is -2.36. The van der Waals surface area contributed by atoms with Crippen molar-refractivity contribution in [2.75, 3.05) is 19.6 Å². The molecule has 1 rings (SSSR count). The minimum Gasteiger partial charge on any atom is -0.870 e. The molecule has 1 aliphatic carbocycles. The molecule has 0 aliphatic heterocycles. The van der Waals surface area contributed by atoms with E-state index in [0.717, 1.165) is 6.04 Å². The Hall–Kier alpha value is -0.0800. The van der Waals surface area contributed by atoms with Gasteiger partial charge in [-0.2, -0.15) is 0 Å². The Balaban J connectivity index is 0.000001000. The lowest BCUT2D eigenvalue weighted by Crippen LogP contribution is -2.49. The Morgan fingerprint density at radius 2 is 1.36 bits per heavy atom. The first kappa shape index (κ1) is 10.9. The summed E-state index contributed by atoms with van der Waals surface area (Å²) in [6.07, 6.45) is 2.96. The summed E-state index contributed by atoms with van der Waals surface area (Å²) in [5.41, 5.74) is 0. The van der Waals surface area contributed by atoms with Crippen LogP contribution in [0.15, 0.2) is 0 Å². The maximum Gasteiger partial charge on any atom is 0.0894 e. The fraction of sp³-hybridized carbons (Fsp3) is 1.00. The van der Waals surface area contributed by atoms with E-state index in [4.69, 9.17) is 0 Å². The van der Waals surface area contributed by atoms with Gasteiger partial charge in [0.05, 0.1) is 25.7 Å². The number of rotatable bonds is 4. The van der Waals surface area contributed by atoms with Crippen molar-refractivity contribution in [2.45, 2.75) is 39.7 Å². The standard InChI is InChI=1S/C9H20N.H2O/c1-4-10(5-2,6-3)9-7-8-9;/h9H,4-8H2,1-3H3;1H2/q+1;/p-1. The van der Waals surface area contributed by atoms with Crippen LogP contribution in [0.4, 0.5) is 0 Å². The van der Waals surface area contributed by atoms with Crippen molar-refractivity contribution in [3.63, 3.8) is 0 Å². The molecule has 1 saturated carbocycles. The molecule has 0 saturated heterocycles. The van der Waals surface area contributed by atoms with Gasteiger partial charge in [0.2, 0.25) is 0 Å². The molecule has 0 spiro atoms. The third-order valence-corrected chi connectivity index (χ3v) is 3.21. The number of quaternary nitrogens is 1. The molecule has 0 unspecified atom stereocenters. The Morgan fingerprint density at radius 3 is 1.45 bits per heavy atom. The molecule has 1 N–H and O–H groups in total. The van der Waals surface area contributed by atoms with E-state index < -0.39 is 0 Å². The maximum absolute atomic E-state index is 2.32. The summed E-state index contributed by atoms with van der Waals surface area (Å²) in [5.74, 6) is 0. The minimum absolute atomic E-state index is 0. The second-order valence-corrected chi connectivity index (χ2v) is 3.40. The first-order valence-corrected chi connectivity index (χ1v) is 4.64. The van der Waals surface area contributed by atoms with E-state index in [9.17, 15) is 0 Å². The molecular weight excluding hydrogens is 138 g/mol. The summed E-state index contributed by atoms with van der Waals surface area (Å²) in [6, 6.07) is 1.03. The van der Waals surface area contributed by atoms with E-state index in [1.54, 1.807) is 0 Å². The molecule has 0 aromatic carbocycles. The van der Waals surface area contributed by atoms with Gasteiger partial charge in [0, 0.05) is 12.8 Å².